The largest absolute Gasteiger partial charge is 0.416 e. The summed E-state index contributed by atoms with van der Waals surface area (Å²) < 4.78 is 44.8. The summed E-state index contributed by atoms with van der Waals surface area (Å²) in [4.78, 5) is 25.8. The topological polar surface area (TPSA) is 70.6 Å². The number of benzene rings is 2. The molecule has 11 heteroatoms. The molecule has 1 aliphatic heterocycles. The summed E-state index contributed by atoms with van der Waals surface area (Å²) in [6.07, 6.45) is -4.37. The van der Waals surface area contributed by atoms with Gasteiger partial charge in [-0.1, -0.05) is 43.8 Å². The zero-order chi connectivity index (χ0) is 28.7. The fourth-order valence-electron chi connectivity index (χ4n) is 4.28. The maximum atomic E-state index is 13.2. The van der Waals surface area contributed by atoms with Gasteiger partial charge in [0.1, 0.15) is 5.82 Å². The predicted octanol–water partition coefficient (Wildman–Crippen LogP) is 5.65. The average molecular weight is 574 g/mol. The molecule has 4 rings (SSSR count). The van der Waals surface area contributed by atoms with E-state index in [-0.39, 0.29) is 5.91 Å². The monoisotopic (exact) mass is 573 g/mol. The van der Waals surface area contributed by atoms with Crippen molar-refractivity contribution in [1.82, 2.24) is 15.3 Å². The van der Waals surface area contributed by atoms with E-state index in [0.29, 0.717) is 67.4 Å². The summed E-state index contributed by atoms with van der Waals surface area (Å²) in [6, 6.07) is 14.9. The van der Waals surface area contributed by atoms with Gasteiger partial charge in [0.2, 0.25) is 0 Å². The van der Waals surface area contributed by atoms with Crippen molar-refractivity contribution in [3.8, 4) is 0 Å². The second-order valence-corrected chi connectivity index (χ2v) is 11.0. The van der Waals surface area contributed by atoms with E-state index >= 15 is 0 Å². The Bertz CT molecular complexity index is 1280. The standard InChI is InChI=1S/C29H34F3N5O2S/c1-20(2)17-33-27(38)22-9-7-21(8-10-22)19-40-28-34-24(18-39-3)16-26(35-28)37-13-11-36(12-14-37)25-6-4-5-23(15-25)29(30,31)32/h4-10,15-16,20H,11-14,17-19H2,1-3H3,(H,33,38). The summed E-state index contributed by atoms with van der Waals surface area (Å²) in [5.41, 5.74) is 2.35. The Labute approximate surface area is 237 Å². The van der Waals surface area contributed by atoms with Gasteiger partial charge in [0.05, 0.1) is 17.9 Å². The fourth-order valence-corrected chi connectivity index (χ4v) is 5.11. The van der Waals surface area contributed by atoms with Gasteiger partial charge in [0, 0.05) is 62.9 Å². The molecule has 7 nitrogen and oxygen atoms in total. The third-order valence-corrected chi connectivity index (χ3v) is 7.35. The van der Waals surface area contributed by atoms with Gasteiger partial charge in [0.15, 0.2) is 5.16 Å². The molecule has 2 heterocycles. The molecular formula is C29H34F3N5O2S. The van der Waals surface area contributed by atoms with Gasteiger partial charge < -0.3 is 19.9 Å². The average Bonchev–Trinajstić information content (AvgIpc) is 2.95. The van der Waals surface area contributed by atoms with Crippen molar-refractivity contribution in [3.05, 3.63) is 77.0 Å². The normalized spacial score (nSPS) is 14.1. The van der Waals surface area contributed by atoms with Crippen molar-refractivity contribution in [2.45, 2.75) is 37.5 Å². The zero-order valence-corrected chi connectivity index (χ0v) is 23.7. The van der Waals surface area contributed by atoms with Gasteiger partial charge in [-0.15, -0.1) is 0 Å². The minimum Gasteiger partial charge on any atom is -0.378 e. The zero-order valence-electron chi connectivity index (χ0n) is 22.9. The molecule has 0 bridgehead atoms. The van der Waals surface area contributed by atoms with Crippen LogP contribution < -0.4 is 15.1 Å². The van der Waals surface area contributed by atoms with Crippen LogP contribution in [0.1, 0.15) is 41.0 Å². The number of thioether (sulfide) groups is 1. The number of nitrogens with one attached hydrogen (secondary N) is 1. The third-order valence-electron chi connectivity index (χ3n) is 6.43. The van der Waals surface area contributed by atoms with E-state index in [1.165, 1.54) is 23.9 Å². The molecule has 0 saturated carbocycles. The lowest BCUT2D eigenvalue weighted by Crippen LogP contribution is -2.47. The van der Waals surface area contributed by atoms with Crippen LogP contribution in [0.15, 0.2) is 59.8 Å². The van der Waals surface area contributed by atoms with Crippen LogP contribution in [0.2, 0.25) is 0 Å². The van der Waals surface area contributed by atoms with Gasteiger partial charge in [-0.3, -0.25) is 4.79 Å². The van der Waals surface area contributed by atoms with Crippen LogP contribution in [-0.4, -0.2) is 55.7 Å². The van der Waals surface area contributed by atoms with Crippen LogP contribution in [0.25, 0.3) is 0 Å². The molecule has 3 aromatic rings. The van der Waals surface area contributed by atoms with E-state index in [0.717, 1.165) is 23.1 Å². The van der Waals surface area contributed by atoms with Gasteiger partial charge in [-0.25, -0.2) is 9.97 Å². The first kappa shape index (κ1) is 29.7. The van der Waals surface area contributed by atoms with E-state index in [1.807, 2.05) is 35.2 Å². The summed E-state index contributed by atoms with van der Waals surface area (Å²) in [5.74, 6) is 1.71. The van der Waals surface area contributed by atoms with Crippen LogP contribution in [0, 0.1) is 5.92 Å². The van der Waals surface area contributed by atoms with Crippen LogP contribution in [0.4, 0.5) is 24.7 Å². The Kier molecular flexibility index (Phi) is 9.91. The minimum atomic E-state index is -4.37. The molecule has 0 unspecified atom stereocenters. The molecule has 0 spiro atoms. The molecule has 214 valence electrons. The minimum absolute atomic E-state index is 0.0821. The molecule has 1 saturated heterocycles. The highest BCUT2D eigenvalue weighted by Gasteiger charge is 2.31. The number of hydrogen-bond donors (Lipinski definition) is 1. The lowest BCUT2D eigenvalue weighted by Gasteiger charge is -2.37. The van der Waals surface area contributed by atoms with E-state index in [2.05, 4.69) is 29.0 Å². The second kappa shape index (κ2) is 13.4. The van der Waals surface area contributed by atoms with E-state index in [1.54, 1.807) is 13.2 Å². The number of carbonyl (C=O) groups is 1. The van der Waals surface area contributed by atoms with Crippen molar-refractivity contribution in [1.29, 1.82) is 0 Å². The number of methoxy groups -OCH3 is 1. The van der Waals surface area contributed by atoms with Crippen molar-refractivity contribution in [3.63, 3.8) is 0 Å². The number of hydrogen-bond acceptors (Lipinski definition) is 7. The number of amides is 1. The fraction of sp³-hybridized carbons (Fsp3) is 0.414. The molecular weight excluding hydrogens is 539 g/mol. The van der Waals surface area contributed by atoms with E-state index in [4.69, 9.17) is 9.72 Å². The Morgan fingerprint density at radius 2 is 1.73 bits per heavy atom. The number of carbonyl (C=O) groups excluding carboxylic acids is 1. The Balaban J connectivity index is 1.39. The molecule has 1 fully saturated rings. The predicted molar refractivity (Wildman–Crippen MR) is 152 cm³/mol. The number of alkyl halides is 3. The lowest BCUT2D eigenvalue weighted by molar-refractivity contribution is -0.137. The maximum Gasteiger partial charge on any atom is 0.416 e. The maximum absolute atomic E-state index is 13.2. The molecule has 1 amide bonds. The van der Waals surface area contributed by atoms with Crippen LogP contribution >= 0.6 is 11.8 Å². The summed E-state index contributed by atoms with van der Waals surface area (Å²) >= 11 is 1.50. The van der Waals surface area contributed by atoms with Gasteiger partial charge in [-0.05, 0) is 41.8 Å². The number of nitrogens with zero attached hydrogens (tertiary/aromatic N) is 4. The number of anilines is 2. The van der Waals surface area contributed by atoms with Crippen LogP contribution in [0.5, 0.6) is 0 Å². The lowest BCUT2D eigenvalue weighted by atomic mass is 10.1. The van der Waals surface area contributed by atoms with Gasteiger partial charge in [-0.2, -0.15) is 13.2 Å². The first-order chi connectivity index (χ1) is 19.1. The first-order valence-corrected chi connectivity index (χ1v) is 14.1. The quantitative estimate of drug-likeness (QED) is 0.248. The molecule has 0 radical (unpaired) electrons. The Morgan fingerprint density at radius 1 is 1.02 bits per heavy atom. The summed E-state index contributed by atoms with van der Waals surface area (Å²) in [6.45, 7) is 7.46. The van der Waals surface area contributed by atoms with Crippen molar-refractivity contribution < 1.29 is 22.7 Å². The highest BCUT2D eigenvalue weighted by Crippen LogP contribution is 2.32. The molecule has 0 aliphatic carbocycles. The van der Waals surface area contributed by atoms with E-state index < -0.39 is 11.7 Å². The van der Waals surface area contributed by atoms with Crippen molar-refractivity contribution in [2.24, 2.45) is 5.92 Å². The Hall–Kier alpha value is -3.31. The SMILES string of the molecule is COCc1cc(N2CCN(c3cccc(C(F)(F)F)c3)CC2)nc(SCc2ccc(C(=O)NCC(C)C)cc2)n1. The summed E-state index contributed by atoms with van der Waals surface area (Å²) in [5, 5.41) is 3.54. The smallest absolute Gasteiger partial charge is 0.378 e. The molecule has 0 atom stereocenters. The molecule has 1 aromatic heterocycles. The number of aromatic nitrogens is 2. The third kappa shape index (κ3) is 8.11. The second-order valence-electron chi connectivity index (χ2n) is 10.0. The molecule has 1 N–H and O–H groups in total. The number of piperazine rings is 1. The van der Waals surface area contributed by atoms with Crippen molar-refractivity contribution >= 4 is 29.2 Å². The van der Waals surface area contributed by atoms with Gasteiger partial charge in [0.25, 0.3) is 5.91 Å². The van der Waals surface area contributed by atoms with Crippen molar-refractivity contribution in [2.75, 3.05) is 49.6 Å². The number of rotatable bonds is 10. The number of ether oxygens (including phenoxy) is 1. The van der Waals surface area contributed by atoms with E-state index in [9.17, 15) is 18.0 Å². The highest BCUT2D eigenvalue weighted by atomic mass is 32.2. The number of halogens is 3. The molecule has 2 aromatic carbocycles. The molecule has 40 heavy (non-hydrogen) atoms. The Morgan fingerprint density at radius 3 is 2.38 bits per heavy atom. The van der Waals surface area contributed by atoms with Crippen LogP contribution in [-0.2, 0) is 23.3 Å². The summed E-state index contributed by atoms with van der Waals surface area (Å²) in [7, 11) is 1.61. The van der Waals surface area contributed by atoms with Gasteiger partial charge >= 0.3 is 6.18 Å². The highest BCUT2D eigenvalue weighted by molar-refractivity contribution is 7.98. The first-order valence-electron chi connectivity index (χ1n) is 13.2. The van der Waals surface area contributed by atoms with Crippen LogP contribution in [0.3, 0.4) is 0 Å². The molecule has 1 aliphatic rings.